The molecule has 11 heavy (non-hydrogen) atoms. The first-order valence-electron chi connectivity index (χ1n) is 2.63. The van der Waals surface area contributed by atoms with E-state index in [4.69, 9.17) is 4.55 Å². The van der Waals surface area contributed by atoms with E-state index in [0.717, 1.165) is 0 Å². The Morgan fingerprint density at radius 1 is 1.27 bits per heavy atom. The van der Waals surface area contributed by atoms with Gasteiger partial charge in [0.25, 0.3) is 0 Å². The van der Waals surface area contributed by atoms with Gasteiger partial charge in [-0.05, 0) is 12.1 Å². The Labute approximate surface area is 89.5 Å². The van der Waals surface area contributed by atoms with Gasteiger partial charge in [0, 0.05) is 0 Å². The summed E-state index contributed by atoms with van der Waals surface area (Å²) in [6.45, 7) is 0. The average Bonchev–Trinajstić information content (AvgIpc) is 1.88. The zero-order valence-electron chi connectivity index (χ0n) is 5.06. The summed E-state index contributed by atoms with van der Waals surface area (Å²) in [7, 11) is 0. The molecule has 0 aliphatic heterocycles. The van der Waals surface area contributed by atoms with Crippen molar-refractivity contribution >= 4 is 40.9 Å². The van der Waals surface area contributed by atoms with E-state index in [0.29, 0.717) is 5.75 Å². The Morgan fingerprint density at radius 3 is 2.27 bits per heavy atom. The Kier molecular flexibility index (Phi) is 5.81. The fraction of sp³-hybridized carbons (Fsp3) is 0. The second-order valence-electron chi connectivity index (χ2n) is 1.61. The molecule has 0 saturated carbocycles. The van der Waals surface area contributed by atoms with Crippen molar-refractivity contribution in [3.8, 4) is 5.75 Å². The van der Waals surface area contributed by atoms with Crippen LogP contribution in [0.4, 0.5) is 0 Å². The molecule has 0 spiro atoms. The molecule has 1 unspecified atom stereocenters. The van der Waals surface area contributed by atoms with Crippen molar-refractivity contribution in [3.05, 3.63) is 30.3 Å². The Bertz CT molecular complexity index is 227. The number of benzene rings is 1. The van der Waals surface area contributed by atoms with E-state index >= 15 is 0 Å². The molecular weight excluding hydrogens is 175 g/mol. The van der Waals surface area contributed by atoms with Crippen LogP contribution in [0, 0.1) is 0 Å². The summed E-state index contributed by atoms with van der Waals surface area (Å²) < 4.78 is 22.8. The number of rotatable bonds is 2. The van der Waals surface area contributed by atoms with Crippen LogP contribution in [0.25, 0.3) is 0 Å². The molecule has 1 aromatic carbocycles. The molecule has 0 amide bonds. The quantitative estimate of drug-likeness (QED) is 0.536. The number of para-hydroxylation sites is 1. The van der Waals surface area contributed by atoms with Crippen molar-refractivity contribution < 1.29 is 12.9 Å². The molecule has 3 nitrogen and oxygen atoms in total. The molecule has 0 bridgehead atoms. The predicted molar refractivity (Wildman–Crippen MR) is 45.0 cm³/mol. The monoisotopic (exact) mass is 182 g/mol. The number of hydrogen-bond donors (Lipinski definition) is 1. The summed E-state index contributed by atoms with van der Waals surface area (Å²) in [5.41, 5.74) is 0. The molecule has 0 aliphatic rings. The van der Waals surface area contributed by atoms with E-state index in [1.54, 1.807) is 30.3 Å². The molecule has 1 aromatic rings. The van der Waals surface area contributed by atoms with Crippen molar-refractivity contribution in [2.45, 2.75) is 0 Å². The number of hydrogen-bond acceptors (Lipinski definition) is 2. The molecule has 0 heterocycles. The minimum absolute atomic E-state index is 0. The first kappa shape index (κ1) is 11.1. The molecular formula is C6H7NaO3S. The van der Waals surface area contributed by atoms with Crippen LogP contribution in [-0.4, -0.2) is 38.3 Å². The molecule has 0 aromatic heterocycles. The zero-order chi connectivity index (χ0) is 7.40. The first-order chi connectivity index (χ1) is 4.79. The van der Waals surface area contributed by atoms with Gasteiger partial charge in [-0.25, -0.2) is 0 Å². The van der Waals surface area contributed by atoms with Crippen LogP contribution in [-0.2, 0) is 11.4 Å². The van der Waals surface area contributed by atoms with E-state index in [2.05, 4.69) is 4.18 Å². The van der Waals surface area contributed by atoms with Crippen LogP contribution < -0.4 is 4.18 Å². The molecule has 5 heteroatoms. The molecule has 1 rings (SSSR count). The van der Waals surface area contributed by atoms with Crippen LogP contribution >= 0.6 is 0 Å². The van der Waals surface area contributed by atoms with Crippen LogP contribution in [0.5, 0.6) is 5.75 Å². The van der Waals surface area contributed by atoms with Gasteiger partial charge >= 0.3 is 40.9 Å². The van der Waals surface area contributed by atoms with Gasteiger partial charge in [0.1, 0.15) is 5.75 Å². The second kappa shape index (κ2) is 5.74. The van der Waals surface area contributed by atoms with Crippen LogP contribution in [0.2, 0.25) is 0 Å². The summed E-state index contributed by atoms with van der Waals surface area (Å²) in [4.78, 5) is 0. The molecule has 0 radical (unpaired) electrons. The van der Waals surface area contributed by atoms with E-state index in [-0.39, 0.29) is 29.6 Å². The van der Waals surface area contributed by atoms with Crippen molar-refractivity contribution in [2.75, 3.05) is 0 Å². The average molecular weight is 182 g/mol. The van der Waals surface area contributed by atoms with Gasteiger partial charge in [0.05, 0.1) is 0 Å². The van der Waals surface area contributed by atoms with Gasteiger partial charge in [-0.15, -0.1) is 0 Å². The van der Waals surface area contributed by atoms with E-state index < -0.39 is 11.4 Å². The van der Waals surface area contributed by atoms with Gasteiger partial charge in [-0.2, -0.15) is 4.21 Å². The summed E-state index contributed by atoms with van der Waals surface area (Å²) in [5, 5.41) is 0. The topological polar surface area (TPSA) is 46.5 Å². The molecule has 0 saturated heterocycles. The first-order valence-corrected chi connectivity index (χ1v) is 3.66. The van der Waals surface area contributed by atoms with E-state index in [1.165, 1.54) is 0 Å². The summed E-state index contributed by atoms with van der Waals surface area (Å²) in [6.07, 6.45) is 0. The zero-order valence-corrected chi connectivity index (χ0v) is 5.88. The van der Waals surface area contributed by atoms with Gasteiger partial charge in [0.15, 0.2) is 0 Å². The van der Waals surface area contributed by atoms with Gasteiger partial charge < -0.3 is 4.18 Å². The van der Waals surface area contributed by atoms with Crippen LogP contribution in [0.15, 0.2) is 30.3 Å². The fourth-order valence-corrected chi connectivity index (χ4v) is 0.834. The standard InChI is InChI=1S/C6H6O3S.Na.H/c7-10(8)9-6-4-2-1-3-5-6;;/h1-5H,(H,7,8);;. The van der Waals surface area contributed by atoms with Crippen molar-refractivity contribution in [3.63, 3.8) is 0 Å². The molecule has 1 atom stereocenters. The Hall–Kier alpha value is 0.130. The van der Waals surface area contributed by atoms with Crippen LogP contribution in [0.1, 0.15) is 0 Å². The maximum atomic E-state index is 10.1. The van der Waals surface area contributed by atoms with Crippen molar-refractivity contribution in [2.24, 2.45) is 0 Å². The summed E-state index contributed by atoms with van der Waals surface area (Å²) in [5.74, 6) is 0.392. The minimum atomic E-state index is -2.22. The van der Waals surface area contributed by atoms with Crippen molar-refractivity contribution in [1.29, 1.82) is 0 Å². The normalized spacial score (nSPS) is 11.4. The fourth-order valence-electron chi connectivity index (χ4n) is 0.558. The second-order valence-corrected chi connectivity index (χ2v) is 2.21. The molecule has 0 fully saturated rings. The van der Waals surface area contributed by atoms with Gasteiger partial charge in [-0.3, -0.25) is 4.55 Å². The summed E-state index contributed by atoms with van der Waals surface area (Å²) >= 11 is -2.22. The molecule has 0 aliphatic carbocycles. The Morgan fingerprint density at radius 2 is 1.82 bits per heavy atom. The molecule has 56 valence electrons. The third-order valence-corrected chi connectivity index (χ3v) is 1.25. The van der Waals surface area contributed by atoms with E-state index in [9.17, 15) is 4.21 Å². The maximum absolute atomic E-state index is 10.1. The third kappa shape index (κ3) is 4.55. The predicted octanol–water partition coefficient (Wildman–Crippen LogP) is 0.554. The third-order valence-electron chi connectivity index (χ3n) is 0.911. The van der Waals surface area contributed by atoms with E-state index in [1.807, 2.05) is 0 Å². The Balaban J connectivity index is 0.000001000. The summed E-state index contributed by atoms with van der Waals surface area (Å²) in [6, 6.07) is 8.46. The molecule has 1 N–H and O–H groups in total. The van der Waals surface area contributed by atoms with Crippen molar-refractivity contribution in [1.82, 2.24) is 0 Å². The van der Waals surface area contributed by atoms with Gasteiger partial charge in [-0.1, -0.05) is 18.2 Å². The SMILES string of the molecule is O=S(O)Oc1ccccc1.[NaH]. The van der Waals surface area contributed by atoms with Gasteiger partial charge in [0.2, 0.25) is 0 Å². The van der Waals surface area contributed by atoms with Crippen LogP contribution in [0.3, 0.4) is 0 Å².